The van der Waals surface area contributed by atoms with Crippen LogP contribution in [0.1, 0.15) is 20.8 Å². The molecule has 0 unspecified atom stereocenters. The first-order valence-electron chi connectivity index (χ1n) is 4.75. The summed E-state index contributed by atoms with van der Waals surface area (Å²) in [6.45, 7) is 4.58. The predicted octanol–water partition coefficient (Wildman–Crippen LogP) is 0.560. The highest BCUT2D eigenvalue weighted by molar-refractivity contribution is 5.96. The molecule has 6 nitrogen and oxygen atoms in total. The maximum Gasteiger partial charge on any atom is 0.374 e. The molecule has 16 heavy (non-hydrogen) atoms. The molecule has 0 saturated carbocycles. The molecule has 0 spiro atoms. The molecule has 0 rings (SSSR count). The summed E-state index contributed by atoms with van der Waals surface area (Å²) >= 11 is 0. The second-order valence-corrected chi connectivity index (χ2v) is 2.57. The molecule has 0 N–H and O–H groups in total. The van der Waals surface area contributed by atoms with Gasteiger partial charge in [0.2, 0.25) is 5.76 Å². The van der Waals surface area contributed by atoms with Crippen LogP contribution in [0.4, 0.5) is 0 Å². The summed E-state index contributed by atoms with van der Waals surface area (Å²) in [5, 5.41) is 0. The number of esters is 3. The molecule has 0 aromatic rings. The highest BCUT2D eigenvalue weighted by Crippen LogP contribution is 2.02. The first-order valence-corrected chi connectivity index (χ1v) is 4.75. The normalized spacial score (nSPS) is 10.6. The van der Waals surface area contributed by atoms with Crippen molar-refractivity contribution in [2.24, 2.45) is 0 Å². The Labute approximate surface area is 93.2 Å². The molecule has 0 radical (unpaired) electrons. The number of rotatable bonds is 5. The molecule has 0 saturated heterocycles. The van der Waals surface area contributed by atoms with Gasteiger partial charge in [0, 0.05) is 6.92 Å². The summed E-state index contributed by atoms with van der Waals surface area (Å²) < 4.78 is 13.7. The van der Waals surface area contributed by atoms with E-state index in [1.165, 1.54) is 0 Å². The van der Waals surface area contributed by atoms with Crippen LogP contribution in [0.5, 0.6) is 0 Å². The first kappa shape index (κ1) is 14.2. The van der Waals surface area contributed by atoms with E-state index < -0.39 is 23.7 Å². The summed E-state index contributed by atoms with van der Waals surface area (Å²) in [4.78, 5) is 33.0. The highest BCUT2D eigenvalue weighted by Gasteiger charge is 2.16. The third-order valence-corrected chi connectivity index (χ3v) is 1.27. The van der Waals surface area contributed by atoms with E-state index in [0.29, 0.717) is 0 Å². The molecule has 0 aromatic carbocycles. The smallest absolute Gasteiger partial charge is 0.374 e. The molecule has 0 heterocycles. The molecule has 6 heteroatoms. The molecule has 0 aliphatic carbocycles. The summed E-state index contributed by atoms with van der Waals surface area (Å²) in [7, 11) is 0. The van der Waals surface area contributed by atoms with Gasteiger partial charge >= 0.3 is 17.9 Å². The van der Waals surface area contributed by atoms with Gasteiger partial charge in [0.05, 0.1) is 19.3 Å². The van der Waals surface area contributed by atoms with E-state index in [1.54, 1.807) is 13.8 Å². The SMILES string of the molecule is CCOC(=O)/C=C(\OC(C)=O)C(=O)OCC. The number of hydrogen-bond acceptors (Lipinski definition) is 6. The van der Waals surface area contributed by atoms with Crippen LogP contribution in [0.2, 0.25) is 0 Å². The average Bonchev–Trinajstić information content (AvgIpc) is 2.16. The van der Waals surface area contributed by atoms with Crippen LogP contribution < -0.4 is 0 Å². The summed E-state index contributed by atoms with van der Waals surface area (Å²) in [5.74, 6) is -2.85. The Balaban J connectivity index is 4.71. The summed E-state index contributed by atoms with van der Waals surface area (Å²) in [6, 6.07) is 0. The Morgan fingerprint density at radius 2 is 1.62 bits per heavy atom. The van der Waals surface area contributed by atoms with Crippen LogP contribution in [0, 0.1) is 0 Å². The van der Waals surface area contributed by atoms with Crippen LogP contribution in [-0.4, -0.2) is 31.1 Å². The maximum atomic E-state index is 11.2. The van der Waals surface area contributed by atoms with Crippen LogP contribution in [0.3, 0.4) is 0 Å². The van der Waals surface area contributed by atoms with Crippen LogP contribution in [0.25, 0.3) is 0 Å². The third kappa shape index (κ3) is 5.79. The van der Waals surface area contributed by atoms with Crippen LogP contribution >= 0.6 is 0 Å². The monoisotopic (exact) mass is 230 g/mol. The molecule has 0 amide bonds. The molecular formula is C10H14O6. The van der Waals surface area contributed by atoms with Gasteiger partial charge in [0.15, 0.2) is 0 Å². The lowest BCUT2D eigenvalue weighted by molar-refractivity contribution is -0.150. The minimum atomic E-state index is -0.884. The summed E-state index contributed by atoms with van der Waals surface area (Å²) in [5.41, 5.74) is 0. The van der Waals surface area contributed by atoms with Crippen molar-refractivity contribution in [2.45, 2.75) is 20.8 Å². The molecule has 90 valence electrons. The van der Waals surface area contributed by atoms with Crippen molar-refractivity contribution in [2.75, 3.05) is 13.2 Å². The van der Waals surface area contributed by atoms with Gasteiger partial charge in [0.25, 0.3) is 0 Å². The number of hydrogen-bond donors (Lipinski definition) is 0. The molecular weight excluding hydrogens is 216 g/mol. The first-order chi connectivity index (χ1) is 7.51. The van der Waals surface area contributed by atoms with E-state index in [2.05, 4.69) is 14.2 Å². The van der Waals surface area contributed by atoms with E-state index in [9.17, 15) is 14.4 Å². The zero-order valence-electron chi connectivity index (χ0n) is 9.44. The van der Waals surface area contributed by atoms with Crippen LogP contribution in [-0.2, 0) is 28.6 Å². The molecule has 0 fully saturated rings. The van der Waals surface area contributed by atoms with Crippen molar-refractivity contribution >= 4 is 17.9 Å². The Morgan fingerprint density at radius 1 is 1.06 bits per heavy atom. The van der Waals surface area contributed by atoms with Gasteiger partial charge in [-0.1, -0.05) is 0 Å². The van der Waals surface area contributed by atoms with Crippen LogP contribution in [0.15, 0.2) is 11.8 Å². The average molecular weight is 230 g/mol. The van der Waals surface area contributed by atoms with Crippen molar-refractivity contribution in [3.63, 3.8) is 0 Å². The number of ether oxygens (including phenoxy) is 3. The van der Waals surface area contributed by atoms with E-state index in [-0.39, 0.29) is 13.2 Å². The lowest BCUT2D eigenvalue weighted by Crippen LogP contribution is -2.15. The Morgan fingerprint density at radius 3 is 2.06 bits per heavy atom. The number of carbonyl (C=O) groups is 3. The van der Waals surface area contributed by atoms with Gasteiger partial charge in [-0.3, -0.25) is 4.79 Å². The van der Waals surface area contributed by atoms with E-state index >= 15 is 0 Å². The predicted molar refractivity (Wildman–Crippen MR) is 53.1 cm³/mol. The molecule has 0 atom stereocenters. The van der Waals surface area contributed by atoms with Gasteiger partial charge in [-0.2, -0.15) is 0 Å². The fourth-order valence-corrected chi connectivity index (χ4v) is 0.778. The van der Waals surface area contributed by atoms with Crippen molar-refractivity contribution in [3.8, 4) is 0 Å². The lowest BCUT2D eigenvalue weighted by Gasteiger charge is -2.05. The van der Waals surface area contributed by atoms with Gasteiger partial charge in [-0.05, 0) is 13.8 Å². The minimum Gasteiger partial charge on any atom is -0.463 e. The minimum absolute atomic E-state index is 0.111. The van der Waals surface area contributed by atoms with Crippen molar-refractivity contribution in [3.05, 3.63) is 11.8 Å². The fourth-order valence-electron chi connectivity index (χ4n) is 0.778. The van der Waals surface area contributed by atoms with Gasteiger partial charge < -0.3 is 14.2 Å². The highest BCUT2D eigenvalue weighted by atomic mass is 16.6. The maximum absolute atomic E-state index is 11.2. The van der Waals surface area contributed by atoms with Crippen molar-refractivity contribution < 1.29 is 28.6 Å². The van der Waals surface area contributed by atoms with Gasteiger partial charge in [-0.15, -0.1) is 0 Å². The third-order valence-electron chi connectivity index (χ3n) is 1.27. The topological polar surface area (TPSA) is 78.9 Å². The van der Waals surface area contributed by atoms with E-state index in [4.69, 9.17) is 0 Å². The fraction of sp³-hybridized carbons (Fsp3) is 0.500. The van der Waals surface area contributed by atoms with E-state index in [0.717, 1.165) is 13.0 Å². The zero-order chi connectivity index (χ0) is 12.6. The lowest BCUT2D eigenvalue weighted by atomic mass is 10.4. The Bertz CT molecular complexity index is 304. The largest absolute Gasteiger partial charge is 0.463 e. The molecule has 0 bridgehead atoms. The quantitative estimate of drug-likeness (QED) is 0.297. The zero-order valence-corrected chi connectivity index (χ0v) is 9.44. The molecule has 0 aliphatic heterocycles. The second-order valence-electron chi connectivity index (χ2n) is 2.57. The second kappa shape index (κ2) is 7.44. The van der Waals surface area contributed by atoms with Crippen molar-refractivity contribution in [1.82, 2.24) is 0 Å². The Kier molecular flexibility index (Phi) is 6.58. The molecule has 0 aliphatic rings. The van der Waals surface area contributed by atoms with Gasteiger partial charge in [0.1, 0.15) is 0 Å². The standard InChI is InChI=1S/C10H14O6/c1-4-14-9(12)6-8(16-7(3)11)10(13)15-5-2/h6H,4-5H2,1-3H3/b8-6-. The van der Waals surface area contributed by atoms with Crippen molar-refractivity contribution in [1.29, 1.82) is 0 Å². The number of carbonyl (C=O) groups excluding carboxylic acids is 3. The molecule has 0 aromatic heterocycles. The Hall–Kier alpha value is -1.85. The van der Waals surface area contributed by atoms with Gasteiger partial charge in [-0.25, -0.2) is 9.59 Å². The summed E-state index contributed by atoms with van der Waals surface area (Å²) in [6.07, 6.45) is 0.781. The van der Waals surface area contributed by atoms with E-state index in [1.807, 2.05) is 0 Å².